The zero-order chi connectivity index (χ0) is 12.0. The third-order valence-corrected chi connectivity index (χ3v) is 3.42. The van der Waals surface area contributed by atoms with Crippen molar-refractivity contribution in [2.45, 2.75) is 13.8 Å². The molecule has 0 aliphatic rings. The van der Waals surface area contributed by atoms with Gasteiger partial charge in [0, 0.05) is 5.56 Å². The summed E-state index contributed by atoms with van der Waals surface area (Å²) < 4.78 is 14.7. The van der Waals surface area contributed by atoms with Crippen LogP contribution < -0.4 is 0 Å². The maximum Gasteiger partial charge on any atom is 0.212 e. The van der Waals surface area contributed by atoms with Crippen molar-refractivity contribution in [3.63, 3.8) is 0 Å². The van der Waals surface area contributed by atoms with Crippen LogP contribution in [0.15, 0.2) is 24.3 Å². The molecule has 2 heterocycles. The lowest BCUT2D eigenvalue weighted by Gasteiger charge is -2.00. The molecule has 5 heteroatoms. The Balaban J connectivity index is 2.28. The predicted octanol–water partition coefficient (Wildman–Crippen LogP) is 3.21. The molecule has 0 spiro atoms. The van der Waals surface area contributed by atoms with Crippen molar-refractivity contribution in [1.82, 2.24) is 14.6 Å². The van der Waals surface area contributed by atoms with Crippen LogP contribution in [0.3, 0.4) is 0 Å². The Kier molecular flexibility index (Phi) is 2.22. The van der Waals surface area contributed by atoms with Gasteiger partial charge in [0.25, 0.3) is 0 Å². The number of imidazole rings is 1. The Morgan fingerprint density at radius 2 is 1.88 bits per heavy atom. The zero-order valence-corrected chi connectivity index (χ0v) is 10.3. The van der Waals surface area contributed by atoms with Gasteiger partial charge in [-0.05, 0) is 38.1 Å². The van der Waals surface area contributed by atoms with Gasteiger partial charge >= 0.3 is 0 Å². The number of hydrogen-bond donors (Lipinski definition) is 0. The number of nitrogens with zero attached hydrogens (tertiary/aromatic N) is 3. The molecule has 2 aromatic heterocycles. The summed E-state index contributed by atoms with van der Waals surface area (Å²) in [6, 6.07) is 6.40. The van der Waals surface area contributed by atoms with Crippen LogP contribution in [-0.2, 0) is 0 Å². The Hall–Kier alpha value is -1.75. The average molecular weight is 247 g/mol. The molecule has 0 fully saturated rings. The summed E-state index contributed by atoms with van der Waals surface area (Å²) in [7, 11) is 0. The molecule has 0 radical (unpaired) electrons. The molecule has 1 aromatic carbocycles. The van der Waals surface area contributed by atoms with E-state index in [0.29, 0.717) is 0 Å². The molecule has 0 saturated heterocycles. The van der Waals surface area contributed by atoms with Gasteiger partial charge < -0.3 is 0 Å². The number of aromatic nitrogens is 3. The van der Waals surface area contributed by atoms with Crippen molar-refractivity contribution in [1.29, 1.82) is 0 Å². The number of fused-ring (bicyclic) bond motifs is 1. The fourth-order valence-electron chi connectivity index (χ4n) is 1.88. The lowest BCUT2D eigenvalue weighted by molar-refractivity contribution is 0.628. The van der Waals surface area contributed by atoms with Crippen molar-refractivity contribution < 1.29 is 4.39 Å². The van der Waals surface area contributed by atoms with Crippen molar-refractivity contribution in [3.8, 4) is 11.3 Å². The van der Waals surface area contributed by atoms with E-state index in [-0.39, 0.29) is 5.82 Å². The van der Waals surface area contributed by atoms with E-state index < -0.39 is 0 Å². The molecule has 3 nitrogen and oxygen atoms in total. The first-order chi connectivity index (χ1) is 8.15. The van der Waals surface area contributed by atoms with Gasteiger partial charge in [0.15, 0.2) is 0 Å². The first-order valence-corrected chi connectivity index (χ1v) is 6.05. The molecule has 0 amide bonds. The van der Waals surface area contributed by atoms with E-state index in [1.165, 1.54) is 12.1 Å². The lowest BCUT2D eigenvalue weighted by atomic mass is 10.1. The number of aryl methyl sites for hydroxylation is 2. The summed E-state index contributed by atoms with van der Waals surface area (Å²) in [4.78, 5) is 5.33. The van der Waals surface area contributed by atoms with E-state index in [4.69, 9.17) is 0 Å². The molecule has 3 aromatic rings. The van der Waals surface area contributed by atoms with Gasteiger partial charge in [-0.25, -0.2) is 13.9 Å². The molecule has 0 saturated carbocycles. The van der Waals surface area contributed by atoms with Crippen molar-refractivity contribution in [2.24, 2.45) is 0 Å². The van der Waals surface area contributed by atoms with E-state index in [1.807, 2.05) is 18.4 Å². The fraction of sp³-hybridized carbons (Fsp3) is 0.167. The van der Waals surface area contributed by atoms with Crippen LogP contribution in [0.4, 0.5) is 4.39 Å². The summed E-state index contributed by atoms with van der Waals surface area (Å²) in [5.41, 5.74) is 2.78. The van der Waals surface area contributed by atoms with Crippen LogP contribution in [0.5, 0.6) is 0 Å². The van der Waals surface area contributed by atoms with E-state index in [1.54, 1.807) is 23.5 Å². The standard InChI is InChI=1S/C12H10FN3S/c1-7-11(9-3-5-10(13)6-4-9)16-12(14-7)17-8(2)15-16/h3-6H,1-2H3. The minimum atomic E-state index is -0.235. The van der Waals surface area contributed by atoms with Crippen LogP contribution in [0.25, 0.3) is 16.2 Å². The molecule has 3 rings (SSSR count). The Morgan fingerprint density at radius 1 is 1.18 bits per heavy atom. The van der Waals surface area contributed by atoms with Crippen molar-refractivity contribution in [3.05, 3.63) is 40.8 Å². The molecule has 0 bridgehead atoms. The van der Waals surface area contributed by atoms with Crippen molar-refractivity contribution >= 4 is 16.3 Å². The van der Waals surface area contributed by atoms with Gasteiger partial charge in [0.2, 0.25) is 4.96 Å². The minimum absolute atomic E-state index is 0.235. The van der Waals surface area contributed by atoms with Gasteiger partial charge in [-0.3, -0.25) is 0 Å². The molecule has 86 valence electrons. The SMILES string of the molecule is Cc1nn2c(-c3ccc(F)cc3)c(C)nc2s1. The molecule has 0 atom stereocenters. The van der Waals surface area contributed by atoms with Crippen LogP contribution >= 0.6 is 11.3 Å². The molecular weight excluding hydrogens is 237 g/mol. The van der Waals surface area contributed by atoms with E-state index in [0.717, 1.165) is 26.9 Å². The predicted molar refractivity (Wildman–Crippen MR) is 65.7 cm³/mol. The second-order valence-corrected chi connectivity index (χ2v) is 5.03. The lowest BCUT2D eigenvalue weighted by Crippen LogP contribution is -1.90. The first-order valence-electron chi connectivity index (χ1n) is 5.24. The highest BCUT2D eigenvalue weighted by Crippen LogP contribution is 2.27. The van der Waals surface area contributed by atoms with Gasteiger partial charge in [0.05, 0.1) is 11.4 Å². The van der Waals surface area contributed by atoms with E-state index in [2.05, 4.69) is 10.1 Å². The van der Waals surface area contributed by atoms with Crippen LogP contribution in [0.2, 0.25) is 0 Å². The summed E-state index contributed by atoms with van der Waals surface area (Å²) >= 11 is 1.55. The quantitative estimate of drug-likeness (QED) is 0.661. The molecular formula is C12H10FN3S. The molecule has 0 aliphatic heterocycles. The highest BCUT2D eigenvalue weighted by Gasteiger charge is 2.14. The van der Waals surface area contributed by atoms with Crippen LogP contribution in [0.1, 0.15) is 10.7 Å². The van der Waals surface area contributed by atoms with E-state index >= 15 is 0 Å². The monoisotopic (exact) mass is 247 g/mol. The van der Waals surface area contributed by atoms with E-state index in [9.17, 15) is 4.39 Å². The first kappa shape index (κ1) is 10.4. The number of benzene rings is 1. The number of halogens is 1. The Labute approximate surface area is 102 Å². The average Bonchev–Trinajstić information content (AvgIpc) is 2.75. The summed E-state index contributed by atoms with van der Waals surface area (Å²) in [5, 5.41) is 5.38. The highest BCUT2D eigenvalue weighted by atomic mass is 32.1. The smallest absolute Gasteiger partial charge is 0.212 e. The topological polar surface area (TPSA) is 30.2 Å². The fourth-order valence-corrected chi connectivity index (χ4v) is 2.67. The van der Waals surface area contributed by atoms with Gasteiger partial charge in [-0.1, -0.05) is 11.3 Å². The third-order valence-electron chi connectivity index (χ3n) is 2.60. The van der Waals surface area contributed by atoms with Crippen molar-refractivity contribution in [2.75, 3.05) is 0 Å². The second-order valence-electron chi connectivity index (χ2n) is 3.87. The molecule has 0 unspecified atom stereocenters. The zero-order valence-electron chi connectivity index (χ0n) is 9.44. The van der Waals surface area contributed by atoms with Gasteiger partial charge in [-0.15, -0.1) is 0 Å². The van der Waals surface area contributed by atoms with Crippen LogP contribution in [0, 0.1) is 19.7 Å². The summed E-state index contributed by atoms with van der Waals surface area (Å²) in [6.07, 6.45) is 0. The maximum absolute atomic E-state index is 12.9. The molecule has 0 N–H and O–H groups in total. The number of rotatable bonds is 1. The second kappa shape index (κ2) is 3.63. The van der Waals surface area contributed by atoms with Gasteiger partial charge in [0.1, 0.15) is 10.8 Å². The molecule has 17 heavy (non-hydrogen) atoms. The largest absolute Gasteiger partial charge is 0.222 e. The summed E-state index contributed by atoms with van der Waals surface area (Å²) in [6.45, 7) is 3.89. The summed E-state index contributed by atoms with van der Waals surface area (Å²) in [5.74, 6) is -0.235. The normalized spacial score (nSPS) is 11.2. The Bertz CT molecular complexity index is 682. The van der Waals surface area contributed by atoms with Gasteiger partial charge in [-0.2, -0.15) is 5.10 Å². The molecule has 0 aliphatic carbocycles. The third kappa shape index (κ3) is 1.63. The maximum atomic E-state index is 12.9. The van der Waals surface area contributed by atoms with Crippen LogP contribution in [-0.4, -0.2) is 14.6 Å². The minimum Gasteiger partial charge on any atom is -0.222 e. The Morgan fingerprint density at radius 3 is 2.59 bits per heavy atom. The number of hydrogen-bond acceptors (Lipinski definition) is 3. The highest BCUT2D eigenvalue weighted by molar-refractivity contribution is 7.16.